The molecule has 0 saturated heterocycles. The van der Waals surface area contributed by atoms with Crippen molar-refractivity contribution in [3.63, 3.8) is 0 Å². The molecule has 3 atom stereocenters. The van der Waals surface area contributed by atoms with Crippen LogP contribution in [0, 0.1) is 0 Å². The number of phenols is 1. The Morgan fingerprint density at radius 1 is 1.15 bits per heavy atom. The summed E-state index contributed by atoms with van der Waals surface area (Å²) in [5.74, 6) is -1.20. The summed E-state index contributed by atoms with van der Waals surface area (Å²) in [6, 6.07) is 2.91. The number of aliphatic hydroxyl groups excluding tert-OH is 2. The molecule has 1 aliphatic rings. The average molecular weight is 376 g/mol. The van der Waals surface area contributed by atoms with Gasteiger partial charge in [-0.05, 0) is 37.5 Å². The molecule has 1 aliphatic heterocycles. The van der Waals surface area contributed by atoms with Crippen LogP contribution in [0.4, 0.5) is 0 Å². The molecule has 0 amide bonds. The molecule has 0 unspecified atom stereocenters. The molecular weight excluding hydrogens is 352 g/mol. The maximum atomic E-state index is 12.5. The number of hydrogen-bond acceptors (Lipinski definition) is 7. The van der Waals surface area contributed by atoms with Crippen LogP contribution in [-0.4, -0.2) is 52.5 Å². The lowest BCUT2D eigenvalue weighted by molar-refractivity contribution is -0.128. The first-order valence-electron chi connectivity index (χ1n) is 8.68. The van der Waals surface area contributed by atoms with E-state index in [1.54, 1.807) is 25.1 Å². The van der Waals surface area contributed by atoms with Crippen LogP contribution in [0.3, 0.4) is 0 Å². The van der Waals surface area contributed by atoms with Gasteiger partial charge in [0.05, 0.1) is 13.2 Å². The van der Waals surface area contributed by atoms with Gasteiger partial charge in [-0.1, -0.05) is 18.2 Å². The van der Waals surface area contributed by atoms with Crippen LogP contribution < -0.4 is 4.74 Å². The standard InChI is InChI=1S/C20H24O7/c1-12-6-5-9-16(22)19(24)15(21)8-4-3-7-13-10-14(26-2)11-17(23)18(13)20(25)27-12/h3,5,7,9-12,15,19,21,23-24H,4,6,8H2,1-2H3/b7-3+,9-5+/t12-,15-,19-/m0/s1. The highest BCUT2D eigenvalue weighted by Crippen LogP contribution is 2.30. The normalized spacial score (nSPS) is 26.9. The van der Waals surface area contributed by atoms with Gasteiger partial charge in [-0.3, -0.25) is 4.79 Å². The number of benzene rings is 1. The van der Waals surface area contributed by atoms with Crippen LogP contribution in [0.15, 0.2) is 30.4 Å². The topological polar surface area (TPSA) is 113 Å². The third kappa shape index (κ3) is 5.42. The third-order valence-electron chi connectivity index (χ3n) is 4.20. The number of ketones is 1. The molecule has 0 aromatic heterocycles. The second-order valence-electron chi connectivity index (χ2n) is 6.36. The highest BCUT2D eigenvalue weighted by Gasteiger charge is 2.23. The molecule has 0 spiro atoms. The number of hydrogen-bond donors (Lipinski definition) is 3. The molecule has 0 radical (unpaired) electrons. The van der Waals surface area contributed by atoms with Gasteiger partial charge in [0.1, 0.15) is 29.3 Å². The second-order valence-corrected chi connectivity index (χ2v) is 6.36. The zero-order valence-corrected chi connectivity index (χ0v) is 15.3. The fourth-order valence-corrected chi connectivity index (χ4v) is 2.68. The second kappa shape index (κ2) is 9.34. The maximum absolute atomic E-state index is 12.5. The van der Waals surface area contributed by atoms with Crippen molar-refractivity contribution >= 4 is 17.8 Å². The number of ether oxygens (including phenoxy) is 2. The number of rotatable bonds is 1. The van der Waals surface area contributed by atoms with Gasteiger partial charge in [-0.2, -0.15) is 0 Å². The van der Waals surface area contributed by atoms with Crippen LogP contribution >= 0.6 is 0 Å². The summed E-state index contributed by atoms with van der Waals surface area (Å²) >= 11 is 0. The molecule has 2 rings (SSSR count). The molecule has 0 aliphatic carbocycles. The predicted octanol–water partition coefficient (Wildman–Crippen LogP) is 1.99. The number of cyclic esters (lactones) is 1. The minimum absolute atomic E-state index is 0.00871. The van der Waals surface area contributed by atoms with Gasteiger partial charge in [0.15, 0.2) is 5.78 Å². The molecule has 3 N–H and O–H groups in total. The van der Waals surface area contributed by atoms with E-state index in [1.807, 2.05) is 0 Å². The number of methoxy groups -OCH3 is 1. The zero-order valence-electron chi connectivity index (χ0n) is 15.3. The van der Waals surface area contributed by atoms with Crippen molar-refractivity contribution in [2.24, 2.45) is 0 Å². The highest BCUT2D eigenvalue weighted by molar-refractivity contribution is 5.97. The Balaban J connectivity index is 2.39. The smallest absolute Gasteiger partial charge is 0.342 e. The molecule has 7 heteroatoms. The van der Waals surface area contributed by atoms with E-state index >= 15 is 0 Å². The monoisotopic (exact) mass is 376 g/mol. The Bertz CT molecular complexity index is 751. The van der Waals surface area contributed by atoms with Crippen molar-refractivity contribution in [1.29, 1.82) is 0 Å². The van der Waals surface area contributed by atoms with Gasteiger partial charge in [0, 0.05) is 12.5 Å². The Hall–Kier alpha value is -2.64. The first-order valence-corrected chi connectivity index (χ1v) is 8.68. The summed E-state index contributed by atoms with van der Waals surface area (Å²) < 4.78 is 10.5. The minimum atomic E-state index is -1.51. The quantitative estimate of drug-likeness (QED) is 0.642. The molecule has 1 aromatic rings. The predicted molar refractivity (Wildman–Crippen MR) is 98.6 cm³/mol. The van der Waals surface area contributed by atoms with Gasteiger partial charge < -0.3 is 24.8 Å². The molecule has 1 heterocycles. The molecule has 0 saturated carbocycles. The summed E-state index contributed by atoms with van der Waals surface area (Å²) in [4.78, 5) is 24.4. The molecule has 1 aromatic carbocycles. The van der Waals surface area contributed by atoms with Gasteiger partial charge in [-0.15, -0.1) is 0 Å². The molecule has 146 valence electrons. The van der Waals surface area contributed by atoms with E-state index in [2.05, 4.69) is 0 Å². The third-order valence-corrected chi connectivity index (χ3v) is 4.20. The van der Waals surface area contributed by atoms with Crippen LogP contribution in [0.2, 0.25) is 0 Å². The molecule has 0 fully saturated rings. The number of carbonyl (C=O) groups is 2. The summed E-state index contributed by atoms with van der Waals surface area (Å²) in [5.41, 5.74) is 0.412. The van der Waals surface area contributed by atoms with E-state index in [0.29, 0.717) is 17.7 Å². The van der Waals surface area contributed by atoms with Crippen LogP contribution in [0.25, 0.3) is 6.08 Å². The van der Waals surface area contributed by atoms with Crippen molar-refractivity contribution in [2.75, 3.05) is 7.11 Å². The fourth-order valence-electron chi connectivity index (χ4n) is 2.68. The minimum Gasteiger partial charge on any atom is -0.507 e. The molecular formula is C20H24O7. The van der Waals surface area contributed by atoms with Crippen molar-refractivity contribution in [1.82, 2.24) is 0 Å². The Labute approximate surface area is 157 Å². The number of allylic oxidation sites excluding steroid dienone is 1. The number of carbonyl (C=O) groups excluding carboxylic acids is 2. The summed E-state index contributed by atoms with van der Waals surface area (Å²) in [6.45, 7) is 1.65. The molecule has 7 nitrogen and oxygen atoms in total. The number of esters is 1. The van der Waals surface area contributed by atoms with Gasteiger partial charge >= 0.3 is 5.97 Å². The average Bonchev–Trinajstić information content (AvgIpc) is 2.62. The summed E-state index contributed by atoms with van der Waals surface area (Å²) in [5, 5.41) is 30.1. The van der Waals surface area contributed by atoms with E-state index in [0.717, 1.165) is 0 Å². The summed E-state index contributed by atoms with van der Waals surface area (Å²) in [6.07, 6.45) is 3.38. The lowest BCUT2D eigenvalue weighted by atomic mass is 10.0. The van der Waals surface area contributed by atoms with E-state index in [9.17, 15) is 24.9 Å². The van der Waals surface area contributed by atoms with E-state index < -0.39 is 30.1 Å². The van der Waals surface area contributed by atoms with Crippen LogP contribution in [-0.2, 0) is 9.53 Å². The lowest BCUT2D eigenvalue weighted by Crippen LogP contribution is -2.32. The zero-order chi connectivity index (χ0) is 20.0. The first kappa shape index (κ1) is 20.7. The molecule has 0 bridgehead atoms. The number of aromatic hydroxyl groups is 1. The SMILES string of the molecule is COc1cc(O)c2c(c1)/C=C/CC[C@H](O)[C@H](O)C(=O)/C=C/C[C@H](C)OC2=O. The Kier molecular flexibility index (Phi) is 7.15. The number of fused-ring (bicyclic) bond motifs is 1. The lowest BCUT2D eigenvalue weighted by Gasteiger charge is -2.15. The Morgan fingerprint density at radius 2 is 1.89 bits per heavy atom. The van der Waals surface area contributed by atoms with Crippen molar-refractivity contribution in [3.8, 4) is 11.5 Å². The first-order chi connectivity index (χ1) is 12.8. The number of phenolic OH excluding ortho intramolecular Hbond substituents is 1. The van der Waals surface area contributed by atoms with Gasteiger partial charge in [-0.25, -0.2) is 4.79 Å². The summed E-state index contributed by atoms with van der Waals surface area (Å²) in [7, 11) is 1.44. The van der Waals surface area contributed by atoms with E-state index in [1.165, 1.54) is 25.3 Å². The Morgan fingerprint density at radius 3 is 2.59 bits per heavy atom. The molecule has 27 heavy (non-hydrogen) atoms. The van der Waals surface area contributed by atoms with Crippen molar-refractivity contribution in [2.45, 2.75) is 44.5 Å². The largest absolute Gasteiger partial charge is 0.507 e. The van der Waals surface area contributed by atoms with Crippen LogP contribution in [0.1, 0.15) is 42.1 Å². The van der Waals surface area contributed by atoms with Crippen molar-refractivity contribution in [3.05, 3.63) is 41.5 Å². The highest BCUT2D eigenvalue weighted by atomic mass is 16.5. The van der Waals surface area contributed by atoms with Gasteiger partial charge in [0.2, 0.25) is 0 Å². The van der Waals surface area contributed by atoms with Gasteiger partial charge in [0.25, 0.3) is 0 Å². The van der Waals surface area contributed by atoms with Crippen molar-refractivity contribution < 1.29 is 34.4 Å². The number of aliphatic hydroxyl groups is 2. The maximum Gasteiger partial charge on any atom is 0.342 e. The fraction of sp³-hybridized carbons (Fsp3) is 0.400. The van der Waals surface area contributed by atoms with E-state index in [-0.39, 0.29) is 24.2 Å². The van der Waals surface area contributed by atoms with Crippen LogP contribution in [0.5, 0.6) is 11.5 Å². The van der Waals surface area contributed by atoms with E-state index in [4.69, 9.17) is 9.47 Å².